The summed E-state index contributed by atoms with van der Waals surface area (Å²) in [6.07, 6.45) is 0. The van der Waals surface area contributed by atoms with Gasteiger partial charge in [0.25, 0.3) is 5.91 Å². The van der Waals surface area contributed by atoms with Gasteiger partial charge in [0, 0.05) is 18.1 Å². The molecule has 0 radical (unpaired) electrons. The van der Waals surface area contributed by atoms with E-state index in [1.165, 1.54) is 11.3 Å². The lowest BCUT2D eigenvalue weighted by atomic mass is 10.3. The highest BCUT2D eigenvalue weighted by Gasteiger charge is 2.15. The Morgan fingerprint density at radius 1 is 1.50 bits per heavy atom. The summed E-state index contributed by atoms with van der Waals surface area (Å²) >= 11 is 1.50. The number of nitrogens with zero attached hydrogens (tertiary/aromatic N) is 4. The number of thiazole rings is 1. The molecule has 2 aromatic heterocycles. The van der Waals surface area contributed by atoms with Gasteiger partial charge in [-0.15, -0.1) is 11.3 Å². The molecular weight excluding hydrogens is 250 g/mol. The van der Waals surface area contributed by atoms with Crippen LogP contribution in [0, 0.1) is 6.92 Å². The van der Waals surface area contributed by atoms with Crippen LogP contribution >= 0.6 is 11.3 Å². The molecule has 0 aliphatic rings. The number of nitrogen functional groups attached to an aromatic ring is 1. The molecule has 0 aliphatic carbocycles. The Bertz CT molecular complexity index is 534. The van der Waals surface area contributed by atoms with Gasteiger partial charge in [0.1, 0.15) is 5.69 Å². The van der Waals surface area contributed by atoms with Gasteiger partial charge in [-0.3, -0.25) is 4.79 Å². The van der Waals surface area contributed by atoms with Crippen molar-refractivity contribution in [3.63, 3.8) is 0 Å². The molecule has 0 saturated heterocycles. The second-order valence-electron chi connectivity index (χ2n) is 3.89. The Labute approximate surface area is 109 Å². The third-order valence-electron chi connectivity index (χ3n) is 2.32. The lowest BCUT2D eigenvalue weighted by Gasteiger charge is -2.15. The van der Waals surface area contributed by atoms with E-state index in [9.17, 15) is 4.79 Å². The van der Waals surface area contributed by atoms with Gasteiger partial charge in [0.05, 0.1) is 17.7 Å². The maximum Gasteiger partial charge on any atom is 0.272 e. The van der Waals surface area contributed by atoms with E-state index < -0.39 is 0 Å². The lowest BCUT2D eigenvalue weighted by Crippen LogP contribution is -2.27. The number of aromatic nitrogens is 3. The first-order chi connectivity index (χ1) is 8.56. The van der Waals surface area contributed by atoms with Crippen molar-refractivity contribution in [3.8, 4) is 0 Å². The van der Waals surface area contributed by atoms with Gasteiger partial charge in [-0.2, -0.15) is 0 Å². The molecule has 2 N–H and O–H groups in total. The number of amides is 1. The predicted molar refractivity (Wildman–Crippen MR) is 69.1 cm³/mol. The molecule has 7 heteroatoms. The van der Waals surface area contributed by atoms with E-state index in [0.29, 0.717) is 17.9 Å². The Morgan fingerprint density at radius 3 is 2.89 bits per heavy atom. The highest BCUT2D eigenvalue weighted by atomic mass is 32.1. The molecule has 0 unspecified atom stereocenters. The van der Waals surface area contributed by atoms with Crippen LogP contribution in [0.1, 0.15) is 21.9 Å². The number of hydrogen-bond donors (Lipinski definition) is 1. The van der Waals surface area contributed by atoms with Gasteiger partial charge in [-0.25, -0.2) is 15.0 Å². The minimum Gasteiger partial charge on any atom is -0.368 e. The minimum absolute atomic E-state index is 0.111. The first kappa shape index (κ1) is 12.4. The summed E-state index contributed by atoms with van der Waals surface area (Å²) in [5.74, 6) is -0.0828. The number of aryl methyl sites for hydroxylation is 1. The monoisotopic (exact) mass is 263 g/mol. The third kappa shape index (κ3) is 2.80. The fourth-order valence-corrected chi connectivity index (χ4v) is 2.08. The fraction of sp³-hybridized carbons (Fsp3) is 0.273. The number of hydrogen-bond acceptors (Lipinski definition) is 6. The molecule has 0 aromatic carbocycles. The van der Waals surface area contributed by atoms with Crippen molar-refractivity contribution in [3.05, 3.63) is 34.0 Å². The van der Waals surface area contributed by atoms with Crippen LogP contribution in [0.25, 0.3) is 0 Å². The number of carbonyl (C=O) groups excluding carboxylic acids is 1. The molecule has 2 aromatic rings. The van der Waals surface area contributed by atoms with Crippen molar-refractivity contribution in [1.82, 2.24) is 19.9 Å². The molecule has 1 amide bonds. The van der Waals surface area contributed by atoms with E-state index >= 15 is 0 Å². The second kappa shape index (κ2) is 5.09. The van der Waals surface area contributed by atoms with Crippen LogP contribution in [-0.4, -0.2) is 32.8 Å². The highest BCUT2D eigenvalue weighted by molar-refractivity contribution is 7.07. The molecule has 0 fully saturated rings. The van der Waals surface area contributed by atoms with E-state index in [2.05, 4.69) is 15.0 Å². The summed E-state index contributed by atoms with van der Waals surface area (Å²) in [6, 6.07) is 1.62. The molecule has 0 saturated carbocycles. The molecule has 94 valence electrons. The smallest absolute Gasteiger partial charge is 0.272 e. The standard InChI is InChI=1S/C11H13N5OS/c1-7-3-9(15-11(12)14-7)10(17)16(2)4-8-5-18-6-13-8/h3,5-6H,4H2,1-2H3,(H2,12,14,15). The van der Waals surface area contributed by atoms with Gasteiger partial charge in [0.2, 0.25) is 5.95 Å². The van der Waals surface area contributed by atoms with E-state index in [0.717, 1.165) is 5.69 Å². The Balaban J connectivity index is 2.15. The summed E-state index contributed by atoms with van der Waals surface area (Å²) < 4.78 is 0. The second-order valence-corrected chi connectivity index (χ2v) is 4.61. The number of anilines is 1. The molecule has 2 rings (SSSR count). The van der Waals surface area contributed by atoms with E-state index in [4.69, 9.17) is 5.73 Å². The molecule has 0 spiro atoms. The van der Waals surface area contributed by atoms with Crippen LogP contribution < -0.4 is 5.73 Å². The molecule has 2 heterocycles. The minimum atomic E-state index is -0.194. The van der Waals surface area contributed by atoms with E-state index in [1.807, 2.05) is 5.38 Å². The van der Waals surface area contributed by atoms with Gasteiger partial charge in [-0.05, 0) is 13.0 Å². The van der Waals surface area contributed by atoms with Crippen LogP contribution in [0.4, 0.5) is 5.95 Å². The Hall–Kier alpha value is -2.02. The van der Waals surface area contributed by atoms with Crippen molar-refractivity contribution in [1.29, 1.82) is 0 Å². The van der Waals surface area contributed by atoms with E-state index in [-0.39, 0.29) is 11.9 Å². The average molecular weight is 263 g/mol. The van der Waals surface area contributed by atoms with Gasteiger partial charge in [0.15, 0.2) is 0 Å². The Kier molecular flexibility index (Phi) is 3.52. The SMILES string of the molecule is Cc1cc(C(=O)N(C)Cc2cscn2)nc(N)n1. The summed E-state index contributed by atoms with van der Waals surface area (Å²) in [6.45, 7) is 2.22. The first-order valence-electron chi connectivity index (χ1n) is 5.30. The quantitative estimate of drug-likeness (QED) is 0.896. The zero-order valence-corrected chi connectivity index (χ0v) is 10.9. The summed E-state index contributed by atoms with van der Waals surface area (Å²) in [4.78, 5) is 25.7. The molecular formula is C11H13N5OS. The van der Waals surface area contributed by atoms with Crippen LogP contribution in [0.3, 0.4) is 0 Å². The van der Waals surface area contributed by atoms with Crippen LogP contribution in [-0.2, 0) is 6.54 Å². The number of nitrogens with two attached hydrogens (primary N) is 1. The Morgan fingerprint density at radius 2 is 2.28 bits per heavy atom. The zero-order chi connectivity index (χ0) is 13.1. The maximum absolute atomic E-state index is 12.1. The van der Waals surface area contributed by atoms with Crippen molar-refractivity contribution in [2.75, 3.05) is 12.8 Å². The topological polar surface area (TPSA) is 85.0 Å². The maximum atomic E-state index is 12.1. The molecule has 0 aliphatic heterocycles. The van der Waals surface area contributed by atoms with Crippen molar-refractivity contribution in [2.24, 2.45) is 0 Å². The molecule has 6 nitrogen and oxygen atoms in total. The summed E-state index contributed by atoms with van der Waals surface area (Å²) in [5, 5.41) is 1.91. The molecule has 0 atom stereocenters. The van der Waals surface area contributed by atoms with Crippen molar-refractivity contribution in [2.45, 2.75) is 13.5 Å². The zero-order valence-electron chi connectivity index (χ0n) is 10.1. The van der Waals surface area contributed by atoms with Crippen LogP contribution in [0.2, 0.25) is 0 Å². The van der Waals surface area contributed by atoms with Gasteiger partial charge >= 0.3 is 0 Å². The van der Waals surface area contributed by atoms with Crippen molar-refractivity contribution < 1.29 is 4.79 Å². The average Bonchev–Trinajstić information content (AvgIpc) is 2.79. The van der Waals surface area contributed by atoms with Crippen molar-refractivity contribution >= 4 is 23.2 Å². The third-order valence-corrected chi connectivity index (χ3v) is 2.96. The van der Waals surface area contributed by atoms with E-state index in [1.54, 1.807) is 30.4 Å². The molecule has 0 bridgehead atoms. The largest absolute Gasteiger partial charge is 0.368 e. The van der Waals surface area contributed by atoms with Crippen LogP contribution in [0.5, 0.6) is 0 Å². The normalized spacial score (nSPS) is 10.3. The van der Waals surface area contributed by atoms with Crippen LogP contribution in [0.15, 0.2) is 17.0 Å². The predicted octanol–water partition coefficient (Wildman–Crippen LogP) is 1.10. The first-order valence-corrected chi connectivity index (χ1v) is 6.24. The highest BCUT2D eigenvalue weighted by Crippen LogP contribution is 2.09. The summed E-state index contributed by atoms with van der Waals surface area (Å²) in [5.41, 5.74) is 9.10. The molecule has 18 heavy (non-hydrogen) atoms. The lowest BCUT2D eigenvalue weighted by molar-refractivity contribution is 0.0777. The number of rotatable bonds is 3. The van der Waals surface area contributed by atoms with Gasteiger partial charge < -0.3 is 10.6 Å². The van der Waals surface area contributed by atoms with Gasteiger partial charge in [-0.1, -0.05) is 0 Å². The fourth-order valence-electron chi connectivity index (χ4n) is 1.53. The summed E-state index contributed by atoms with van der Waals surface area (Å²) in [7, 11) is 1.70. The number of carbonyl (C=O) groups is 1.